The van der Waals surface area contributed by atoms with Crippen LogP contribution >= 0.6 is 27.3 Å². The van der Waals surface area contributed by atoms with Crippen molar-refractivity contribution in [3.63, 3.8) is 0 Å². The molecule has 0 aromatic carbocycles. The van der Waals surface area contributed by atoms with Crippen molar-refractivity contribution in [3.05, 3.63) is 27.4 Å². The number of nitrogens with zero attached hydrogens (tertiary/aromatic N) is 3. The molecule has 2 aromatic heterocycles. The summed E-state index contributed by atoms with van der Waals surface area (Å²) < 4.78 is 0.854. The lowest BCUT2D eigenvalue weighted by Crippen LogP contribution is -2.10. The van der Waals surface area contributed by atoms with E-state index in [0.717, 1.165) is 34.1 Å². The Morgan fingerprint density at radius 1 is 1.32 bits per heavy atom. The molecule has 5 nitrogen and oxygen atoms in total. The molecule has 0 amide bonds. The molecular formula is C12H16BrN5S. The highest BCUT2D eigenvalue weighted by atomic mass is 79.9. The van der Waals surface area contributed by atoms with Crippen LogP contribution in [-0.2, 0) is 0 Å². The Morgan fingerprint density at radius 2 is 2.11 bits per heavy atom. The van der Waals surface area contributed by atoms with Crippen molar-refractivity contribution in [2.24, 2.45) is 0 Å². The van der Waals surface area contributed by atoms with Gasteiger partial charge in [0.15, 0.2) is 0 Å². The quantitative estimate of drug-likeness (QED) is 0.838. The third-order valence-corrected chi connectivity index (χ3v) is 4.22. The number of anilines is 2. The summed E-state index contributed by atoms with van der Waals surface area (Å²) >= 11 is 5.16. The molecular weight excluding hydrogens is 326 g/mol. The van der Waals surface area contributed by atoms with Crippen molar-refractivity contribution >= 4 is 38.9 Å². The minimum atomic E-state index is 0.116. The number of nitrogens with one attached hydrogen (secondary N) is 2. The topological polar surface area (TPSA) is 62.7 Å². The van der Waals surface area contributed by atoms with Crippen LogP contribution in [0.4, 0.5) is 11.6 Å². The van der Waals surface area contributed by atoms with Gasteiger partial charge in [-0.2, -0.15) is 0 Å². The van der Waals surface area contributed by atoms with Gasteiger partial charge in [0.1, 0.15) is 27.4 Å². The summed E-state index contributed by atoms with van der Waals surface area (Å²) in [6, 6.07) is 0.116. The van der Waals surface area contributed by atoms with Crippen molar-refractivity contribution in [2.75, 3.05) is 17.2 Å². The number of aromatic nitrogens is 3. The smallest absolute Gasteiger partial charge is 0.146 e. The van der Waals surface area contributed by atoms with E-state index in [1.165, 1.54) is 0 Å². The second kappa shape index (κ2) is 6.81. The predicted octanol–water partition coefficient (Wildman–Crippen LogP) is 3.69. The molecule has 0 aliphatic carbocycles. The first-order chi connectivity index (χ1) is 9.22. The number of hydrogen-bond donors (Lipinski definition) is 2. The van der Waals surface area contributed by atoms with Crippen LogP contribution in [0.15, 0.2) is 22.4 Å². The van der Waals surface area contributed by atoms with E-state index in [9.17, 15) is 0 Å². The van der Waals surface area contributed by atoms with E-state index in [1.54, 1.807) is 23.9 Å². The number of thiazole rings is 1. The average molecular weight is 342 g/mol. The van der Waals surface area contributed by atoms with Gasteiger partial charge in [-0.05, 0) is 29.3 Å². The first-order valence-electron chi connectivity index (χ1n) is 6.12. The minimum absolute atomic E-state index is 0.116. The third kappa shape index (κ3) is 3.63. The zero-order valence-corrected chi connectivity index (χ0v) is 13.3. The molecule has 0 aliphatic heterocycles. The van der Waals surface area contributed by atoms with Crippen molar-refractivity contribution in [2.45, 2.75) is 26.3 Å². The molecule has 0 saturated heterocycles. The highest BCUT2D eigenvalue weighted by molar-refractivity contribution is 9.10. The van der Waals surface area contributed by atoms with Gasteiger partial charge >= 0.3 is 0 Å². The lowest BCUT2D eigenvalue weighted by atomic mass is 10.3. The lowest BCUT2D eigenvalue weighted by molar-refractivity contribution is 0.856. The fourth-order valence-electron chi connectivity index (χ4n) is 1.55. The molecule has 0 spiro atoms. The van der Waals surface area contributed by atoms with Gasteiger partial charge in [-0.25, -0.2) is 15.0 Å². The van der Waals surface area contributed by atoms with Crippen LogP contribution in [0.25, 0.3) is 0 Å². The number of halogens is 1. The van der Waals surface area contributed by atoms with Crippen molar-refractivity contribution < 1.29 is 0 Å². The maximum absolute atomic E-state index is 4.30. The van der Waals surface area contributed by atoms with Gasteiger partial charge in [-0.3, -0.25) is 0 Å². The van der Waals surface area contributed by atoms with Crippen LogP contribution in [0.5, 0.6) is 0 Å². The molecule has 2 N–H and O–H groups in total. The standard InChI is InChI=1S/C12H16BrN5S/c1-3-4-14-10-9(13)11(17-7-16-10)18-8(2)12-15-5-6-19-12/h5-8H,3-4H2,1-2H3,(H2,14,16,17,18). The maximum atomic E-state index is 4.30. The Hall–Kier alpha value is -1.21. The second-order valence-electron chi connectivity index (χ2n) is 4.05. The Balaban J connectivity index is 2.12. The van der Waals surface area contributed by atoms with Gasteiger partial charge in [-0.1, -0.05) is 6.92 Å². The lowest BCUT2D eigenvalue weighted by Gasteiger charge is -2.15. The fraction of sp³-hybridized carbons (Fsp3) is 0.417. The largest absolute Gasteiger partial charge is 0.369 e. The van der Waals surface area contributed by atoms with E-state index in [4.69, 9.17) is 0 Å². The van der Waals surface area contributed by atoms with E-state index in [-0.39, 0.29) is 6.04 Å². The van der Waals surface area contributed by atoms with Crippen LogP contribution in [0.2, 0.25) is 0 Å². The van der Waals surface area contributed by atoms with Gasteiger partial charge in [0.05, 0.1) is 6.04 Å². The molecule has 0 radical (unpaired) electrons. The summed E-state index contributed by atoms with van der Waals surface area (Å²) in [6.45, 7) is 5.06. The molecule has 2 rings (SSSR count). The summed E-state index contributed by atoms with van der Waals surface area (Å²) in [5.41, 5.74) is 0. The molecule has 1 unspecified atom stereocenters. The zero-order valence-electron chi connectivity index (χ0n) is 10.9. The monoisotopic (exact) mass is 341 g/mol. The Bertz CT molecular complexity index is 517. The number of hydrogen-bond acceptors (Lipinski definition) is 6. The summed E-state index contributed by atoms with van der Waals surface area (Å²) in [7, 11) is 0. The van der Waals surface area contributed by atoms with Crippen LogP contribution in [-0.4, -0.2) is 21.5 Å². The van der Waals surface area contributed by atoms with E-state index in [1.807, 2.05) is 5.38 Å². The van der Waals surface area contributed by atoms with Crippen LogP contribution in [0.1, 0.15) is 31.3 Å². The zero-order chi connectivity index (χ0) is 13.7. The molecule has 102 valence electrons. The Morgan fingerprint density at radius 3 is 2.79 bits per heavy atom. The minimum Gasteiger partial charge on any atom is -0.369 e. The van der Waals surface area contributed by atoms with Gasteiger partial charge in [-0.15, -0.1) is 11.3 Å². The first-order valence-corrected chi connectivity index (χ1v) is 7.80. The van der Waals surface area contributed by atoms with Gasteiger partial charge < -0.3 is 10.6 Å². The number of rotatable bonds is 6. The third-order valence-electron chi connectivity index (χ3n) is 2.51. The van der Waals surface area contributed by atoms with E-state index in [0.29, 0.717) is 0 Å². The molecule has 2 heterocycles. The molecule has 7 heteroatoms. The predicted molar refractivity (Wildman–Crippen MR) is 82.7 cm³/mol. The van der Waals surface area contributed by atoms with Crippen LogP contribution < -0.4 is 10.6 Å². The fourth-order valence-corrected chi connectivity index (χ4v) is 2.66. The van der Waals surface area contributed by atoms with Crippen molar-refractivity contribution in [3.8, 4) is 0 Å². The summed E-state index contributed by atoms with van der Waals surface area (Å²) in [5, 5.41) is 9.60. The first kappa shape index (κ1) is 14.2. The van der Waals surface area contributed by atoms with E-state index in [2.05, 4.69) is 55.4 Å². The van der Waals surface area contributed by atoms with Gasteiger partial charge in [0.2, 0.25) is 0 Å². The molecule has 2 aromatic rings. The average Bonchev–Trinajstić information content (AvgIpc) is 2.94. The second-order valence-corrected chi connectivity index (χ2v) is 5.77. The summed E-state index contributed by atoms with van der Waals surface area (Å²) in [6.07, 6.45) is 4.41. The molecule has 0 aliphatic rings. The maximum Gasteiger partial charge on any atom is 0.146 e. The van der Waals surface area contributed by atoms with E-state index < -0.39 is 0 Å². The molecule has 0 bridgehead atoms. The Kier molecular flexibility index (Phi) is 5.09. The van der Waals surface area contributed by atoms with Crippen molar-refractivity contribution in [1.29, 1.82) is 0 Å². The Labute approximate surface area is 125 Å². The van der Waals surface area contributed by atoms with Crippen molar-refractivity contribution in [1.82, 2.24) is 15.0 Å². The SMILES string of the molecule is CCCNc1ncnc(NC(C)c2nccs2)c1Br. The van der Waals surface area contributed by atoms with Gasteiger partial charge in [0, 0.05) is 18.1 Å². The summed E-state index contributed by atoms with van der Waals surface area (Å²) in [4.78, 5) is 12.8. The van der Waals surface area contributed by atoms with E-state index >= 15 is 0 Å². The molecule has 0 fully saturated rings. The molecule has 19 heavy (non-hydrogen) atoms. The van der Waals surface area contributed by atoms with Gasteiger partial charge in [0.25, 0.3) is 0 Å². The van der Waals surface area contributed by atoms with Crippen LogP contribution in [0.3, 0.4) is 0 Å². The van der Waals surface area contributed by atoms with Crippen LogP contribution in [0, 0.1) is 0 Å². The normalized spacial score (nSPS) is 12.2. The molecule has 1 atom stereocenters. The molecule has 0 saturated carbocycles. The highest BCUT2D eigenvalue weighted by Gasteiger charge is 2.13. The highest BCUT2D eigenvalue weighted by Crippen LogP contribution is 2.29. The summed E-state index contributed by atoms with van der Waals surface area (Å²) in [5.74, 6) is 1.59.